The Morgan fingerprint density at radius 1 is 1.56 bits per heavy atom. The molecule has 0 spiro atoms. The maximum Gasteiger partial charge on any atom is 0.223 e. The summed E-state index contributed by atoms with van der Waals surface area (Å²) in [5.41, 5.74) is 5.42. The Kier molecular flexibility index (Phi) is 5.22. The number of carbonyl (C=O) groups excluding carboxylic acids is 1. The van der Waals surface area contributed by atoms with Crippen LogP contribution in [0.1, 0.15) is 45.4 Å². The minimum absolute atomic E-state index is 0.0745. The van der Waals surface area contributed by atoms with Crippen molar-refractivity contribution in [2.24, 2.45) is 5.73 Å². The van der Waals surface area contributed by atoms with Gasteiger partial charge in [0, 0.05) is 19.7 Å². The highest BCUT2D eigenvalue weighted by Gasteiger charge is 2.39. The van der Waals surface area contributed by atoms with Crippen LogP contribution in [0.15, 0.2) is 0 Å². The first-order valence-electron chi connectivity index (χ1n) is 6.20. The summed E-state index contributed by atoms with van der Waals surface area (Å²) in [6.07, 6.45) is 5.62. The van der Waals surface area contributed by atoms with E-state index < -0.39 is 0 Å². The highest BCUT2D eigenvalue weighted by atomic mass is 16.5. The highest BCUT2D eigenvalue weighted by Crippen LogP contribution is 2.37. The number of nitrogens with two attached hydrogens (primary N) is 1. The minimum atomic E-state index is -0.185. The second-order valence-electron chi connectivity index (χ2n) is 4.71. The van der Waals surface area contributed by atoms with Crippen LogP contribution in [0.2, 0.25) is 0 Å². The van der Waals surface area contributed by atoms with Crippen molar-refractivity contribution in [3.05, 3.63) is 0 Å². The third-order valence-corrected chi connectivity index (χ3v) is 3.47. The van der Waals surface area contributed by atoms with Crippen LogP contribution in [-0.4, -0.2) is 31.2 Å². The van der Waals surface area contributed by atoms with Gasteiger partial charge in [0.1, 0.15) is 0 Å². The second kappa shape index (κ2) is 6.21. The fourth-order valence-corrected chi connectivity index (χ4v) is 2.19. The Bertz CT molecular complexity index is 222. The molecule has 4 heteroatoms. The van der Waals surface area contributed by atoms with E-state index in [1.807, 2.05) is 0 Å². The van der Waals surface area contributed by atoms with Gasteiger partial charge < -0.3 is 15.8 Å². The van der Waals surface area contributed by atoms with Crippen LogP contribution in [0, 0.1) is 0 Å². The fraction of sp³-hybridized carbons (Fsp3) is 0.917. The number of carbonyl (C=O) groups is 1. The minimum Gasteiger partial charge on any atom is -0.378 e. The molecule has 1 atom stereocenters. The summed E-state index contributed by atoms with van der Waals surface area (Å²) in [6.45, 7) is 2.61. The molecule has 16 heavy (non-hydrogen) atoms. The molecule has 3 N–H and O–H groups in total. The van der Waals surface area contributed by atoms with Gasteiger partial charge in [0.05, 0.1) is 12.0 Å². The first-order valence-corrected chi connectivity index (χ1v) is 6.20. The summed E-state index contributed by atoms with van der Waals surface area (Å²) in [4.78, 5) is 11.8. The van der Waals surface area contributed by atoms with E-state index in [1.54, 1.807) is 7.11 Å². The lowest BCUT2D eigenvalue weighted by molar-refractivity contribution is -0.134. The van der Waals surface area contributed by atoms with Gasteiger partial charge in [-0.15, -0.1) is 0 Å². The Morgan fingerprint density at radius 2 is 2.25 bits per heavy atom. The number of rotatable bonds is 7. The Balaban J connectivity index is 2.34. The van der Waals surface area contributed by atoms with Crippen molar-refractivity contribution in [1.29, 1.82) is 0 Å². The van der Waals surface area contributed by atoms with Crippen LogP contribution < -0.4 is 11.1 Å². The van der Waals surface area contributed by atoms with Crippen LogP contribution in [0.4, 0.5) is 0 Å². The second-order valence-corrected chi connectivity index (χ2v) is 4.71. The number of amides is 1. The Hall–Kier alpha value is -0.610. The maximum atomic E-state index is 11.8. The quantitative estimate of drug-likeness (QED) is 0.688. The van der Waals surface area contributed by atoms with Gasteiger partial charge in [-0.3, -0.25) is 4.79 Å². The lowest BCUT2D eigenvalue weighted by Gasteiger charge is -2.40. The van der Waals surface area contributed by atoms with E-state index >= 15 is 0 Å². The lowest BCUT2D eigenvalue weighted by atomic mass is 9.77. The Labute approximate surface area is 97.9 Å². The van der Waals surface area contributed by atoms with Crippen LogP contribution in [-0.2, 0) is 9.53 Å². The first-order chi connectivity index (χ1) is 7.65. The van der Waals surface area contributed by atoms with Crippen molar-refractivity contribution in [3.63, 3.8) is 0 Å². The molecule has 0 aromatic carbocycles. The summed E-state index contributed by atoms with van der Waals surface area (Å²) in [7, 11) is 1.69. The topological polar surface area (TPSA) is 64.3 Å². The van der Waals surface area contributed by atoms with Gasteiger partial charge >= 0.3 is 0 Å². The maximum absolute atomic E-state index is 11.8. The zero-order valence-corrected chi connectivity index (χ0v) is 10.4. The van der Waals surface area contributed by atoms with Crippen LogP contribution in [0.3, 0.4) is 0 Å². The monoisotopic (exact) mass is 228 g/mol. The van der Waals surface area contributed by atoms with Crippen molar-refractivity contribution < 1.29 is 9.53 Å². The first kappa shape index (κ1) is 13.5. The van der Waals surface area contributed by atoms with E-state index in [1.165, 1.54) is 0 Å². The molecule has 94 valence electrons. The number of methoxy groups -OCH3 is 1. The van der Waals surface area contributed by atoms with Crippen molar-refractivity contribution in [3.8, 4) is 0 Å². The molecule has 1 amide bonds. The lowest BCUT2D eigenvalue weighted by Crippen LogP contribution is -2.47. The van der Waals surface area contributed by atoms with E-state index in [-0.39, 0.29) is 17.6 Å². The Morgan fingerprint density at radius 3 is 2.62 bits per heavy atom. The molecule has 0 aromatic heterocycles. The van der Waals surface area contributed by atoms with Crippen LogP contribution in [0.5, 0.6) is 0 Å². The summed E-state index contributed by atoms with van der Waals surface area (Å²) < 4.78 is 5.43. The van der Waals surface area contributed by atoms with Gasteiger partial charge in [-0.1, -0.05) is 13.3 Å². The molecule has 1 saturated carbocycles. The van der Waals surface area contributed by atoms with Gasteiger partial charge in [0.15, 0.2) is 0 Å². The van der Waals surface area contributed by atoms with Gasteiger partial charge in [-0.05, 0) is 25.7 Å². The van der Waals surface area contributed by atoms with E-state index in [0.717, 1.165) is 32.1 Å². The number of hydrogen-bond donors (Lipinski definition) is 2. The predicted octanol–water partition coefficient (Wildman–Crippen LogP) is 1.19. The van der Waals surface area contributed by atoms with Crippen LogP contribution in [0.25, 0.3) is 0 Å². The molecule has 0 aromatic rings. The smallest absolute Gasteiger partial charge is 0.223 e. The number of nitrogens with one attached hydrogen (secondary N) is 1. The number of hydrogen-bond acceptors (Lipinski definition) is 3. The van der Waals surface area contributed by atoms with Crippen molar-refractivity contribution >= 4 is 5.91 Å². The van der Waals surface area contributed by atoms with Crippen LogP contribution >= 0.6 is 0 Å². The molecule has 0 radical (unpaired) electrons. The van der Waals surface area contributed by atoms with Crippen molar-refractivity contribution in [2.75, 3.05) is 13.7 Å². The predicted molar refractivity (Wildman–Crippen MR) is 64.1 cm³/mol. The zero-order valence-electron chi connectivity index (χ0n) is 10.4. The fourth-order valence-electron chi connectivity index (χ4n) is 2.19. The SMILES string of the molecule is CCCC(CN)NC(=O)CC1(OC)CCC1. The van der Waals surface area contributed by atoms with E-state index in [4.69, 9.17) is 10.5 Å². The summed E-state index contributed by atoms with van der Waals surface area (Å²) in [5, 5.41) is 2.98. The van der Waals surface area contributed by atoms with Gasteiger partial charge in [-0.2, -0.15) is 0 Å². The van der Waals surface area contributed by atoms with Crippen molar-refractivity contribution in [1.82, 2.24) is 5.32 Å². The highest BCUT2D eigenvalue weighted by molar-refractivity contribution is 5.77. The van der Waals surface area contributed by atoms with E-state index in [9.17, 15) is 4.79 Å². The molecule has 1 aliphatic carbocycles. The van der Waals surface area contributed by atoms with E-state index in [2.05, 4.69) is 12.2 Å². The molecule has 0 aliphatic heterocycles. The van der Waals surface area contributed by atoms with Gasteiger partial charge in [-0.25, -0.2) is 0 Å². The standard InChI is InChI=1S/C12H24N2O2/c1-3-5-10(9-13)14-11(15)8-12(16-2)6-4-7-12/h10H,3-9,13H2,1-2H3,(H,14,15). The third-order valence-electron chi connectivity index (χ3n) is 3.47. The molecule has 1 fully saturated rings. The average molecular weight is 228 g/mol. The van der Waals surface area contributed by atoms with Crippen molar-refractivity contribution in [2.45, 2.75) is 57.1 Å². The summed E-state index contributed by atoms with van der Waals surface area (Å²) >= 11 is 0. The van der Waals surface area contributed by atoms with Gasteiger partial charge in [0.25, 0.3) is 0 Å². The average Bonchev–Trinajstić information content (AvgIpc) is 2.23. The largest absolute Gasteiger partial charge is 0.378 e. The zero-order chi connectivity index (χ0) is 12.0. The summed E-state index contributed by atoms with van der Waals surface area (Å²) in [5.74, 6) is 0.0745. The molecule has 4 nitrogen and oxygen atoms in total. The molecule has 0 bridgehead atoms. The summed E-state index contributed by atoms with van der Waals surface area (Å²) in [6, 6.07) is 0.117. The molecule has 1 aliphatic rings. The van der Waals surface area contributed by atoms with E-state index in [0.29, 0.717) is 13.0 Å². The third kappa shape index (κ3) is 3.46. The molecule has 1 unspecified atom stereocenters. The van der Waals surface area contributed by atoms with Gasteiger partial charge in [0.2, 0.25) is 5.91 Å². The normalized spacial score (nSPS) is 19.9. The molecule has 0 heterocycles. The molecular formula is C12H24N2O2. The molecule has 1 rings (SSSR count). The number of ether oxygens (including phenoxy) is 1. The molecule has 0 saturated heterocycles. The molecular weight excluding hydrogens is 204 g/mol.